The van der Waals surface area contributed by atoms with E-state index in [2.05, 4.69) is 46.5 Å². The fourth-order valence-corrected chi connectivity index (χ4v) is 3.97. The molecule has 1 aliphatic heterocycles. The maximum Gasteiger partial charge on any atom is 0.138 e. The van der Waals surface area contributed by atoms with Gasteiger partial charge in [0.2, 0.25) is 0 Å². The Hall–Kier alpha value is -2.59. The van der Waals surface area contributed by atoms with Gasteiger partial charge in [0.1, 0.15) is 18.1 Å². The molecule has 2 heterocycles. The average molecular weight is 362 g/mol. The Labute approximate surface area is 160 Å². The van der Waals surface area contributed by atoms with Crippen LogP contribution in [0.3, 0.4) is 0 Å². The molecule has 0 bridgehead atoms. The molecule has 0 spiro atoms. The van der Waals surface area contributed by atoms with Gasteiger partial charge in [-0.3, -0.25) is 4.90 Å². The van der Waals surface area contributed by atoms with Gasteiger partial charge in [0.25, 0.3) is 0 Å². The van der Waals surface area contributed by atoms with E-state index in [1.54, 1.807) is 0 Å². The van der Waals surface area contributed by atoms with E-state index in [1.807, 2.05) is 32.0 Å². The monoisotopic (exact) mass is 362 g/mol. The van der Waals surface area contributed by atoms with Crippen LogP contribution in [0.2, 0.25) is 0 Å². The van der Waals surface area contributed by atoms with Crippen molar-refractivity contribution >= 4 is 0 Å². The van der Waals surface area contributed by atoms with E-state index in [-0.39, 0.29) is 0 Å². The summed E-state index contributed by atoms with van der Waals surface area (Å²) in [5.41, 5.74) is 4.78. The lowest BCUT2D eigenvalue weighted by Crippen LogP contribution is -2.23. The van der Waals surface area contributed by atoms with E-state index in [0.29, 0.717) is 12.6 Å². The number of aromatic nitrogens is 1. The van der Waals surface area contributed by atoms with E-state index in [1.165, 1.54) is 29.5 Å². The van der Waals surface area contributed by atoms with Crippen LogP contribution in [0.25, 0.3) is 0 Å². The Morgan fingerprint density at radius 1 is 1.04 bits per heavy atom. The quantitative estimate of drug-likeness (QED) is 0.603. The zero-order chi connectivity index (χ0) is 18.6. The Morgan fingerprint density at radius 3 is 2.52 bits per heavy atom. The van der Waals surface area contributed by atoms with Crippen molar-refractivity contribution in [1.29, 1.82) is 0 Å². The first-order chi connectivity index (χ1) is 13.2. The molecule has 1 saturated heterocycles. The molecule has 4 heteroatoms. The van der Waals surface area contributed by atoms with Crippen LogP contribution in [0, 0.1) is 13.8 Å². The second-order valence-electron chi connectivity index (χ2n) is 7.28. The molecule has 2 aromatic carbocycles. The molecular formula is C23H26N2O2. The van der Waals surface area contributed by atoms with Gasteiger partial charge in [-0.1, -0.05) is 47.6 Å². The lowest BCUT2D eigenvalue weighted by atomic mass is 10.0. The summed E-state index contributed by atoms with van der Waals surface area (Å²) in [6.45, 7) is 6.71. The highest BCUT2D eigenvalue weighted by Gasteiger charge is 2.30. The maximum atomic E-state index is 5.89. The van der Waals surface area contributed by atoms with Crippen molar-refractivity contribution in [1.82, 2.24) is 10.1 Å². The van der Waals surface area contributed by atoms with Crippen LogP contribution in [-0.2, 0) is 13.2 Å². The maximum absolute atomic E-state index is 5.89. The van der Waals surface area contributed by atoms with Crippen LogP contribution in [-0.4, -0.2) is 16.6 Å². The molecule has 140 valence electrons. The predicted molar refractivity (Wildman–Crippen MR) is 106 cm³/mol. The van der Waals surface area contributed by atoms with Crippen LogP contribution in [0.5, 0.6) is 5.75 Å². The summed E-state index contributed by atoms with van der Waals surface area (Å²) in [5.74, 6) is 1.86. The second kappa shape index (κ2) is 7.97. The number of hydrogen-bond donors (Lipinski definition) is 0. The summed E-state index contributed by atoms with van der Waals surface area (Å²) in [4.78, 5) is 2.53. The van der Waals surface area contributed by atoms with Crippen LogP contribution >= 0.6 is 0 Å². The Morgan fingerprint density at radius 2 is 1.81 bits per heavy atom. The summed E-state index contributed by atoms with van der Waals surface area (Å²) in [7, 11) is 0. The van der Waals surface area contributed by atoms with Crippen LogP contribution in [0.15, 0.2) is 59.1 Å². The largest absolute Gasteiger partial charge is 0.489 e. The molecule has 0 saturated carbocycles. The van der Waals surface area contributed by atoms with E-state index in [9.17, 15) is 0 Å². The fraction of sp³-hybridized carbons (Fsp3) is 0.348. The molecule has 0 N–H and O–H groups in total. The van der Waals surface area contributed by atoms with E-state index >= 15 is 0 Å². The second-order valence-corrected chi connectivity index (χ2v) is 7.28. The number of aryl methyl sites for hydroxylation is 2. The molecule has 1 unspecified atom stereocenters. The molecule has 0 amide bonds. The van der Waals surface area contributed by atoms with Crippen LogP contribution < -0.4 is 4.74 Å². The van der Waals surface area contributed by atoms with Gasteiger partial charge in [-0.25, -0.2) is 0 Å². The third kappa shape index (κ3) is 4.06. The summed E-state index contributed by atoms with van der Waals surface area (Å²) >= 11 is 0. The lowest BCUT2D eigenvalue weighted by Gasteiger charge is -2.24. The zero-order valence-electron chi connectivity index (χ0n) is 16.0. The first-order valence-electron chi connectivity index (χ1n) is 9.63. The highest BCUT2D eigenvalue weighted by atomic mass is 16.5. The van der Waals surface area contributed by atoms with Crippen molar-refractivity contribution in [3.63, 3.8) is 0 Å². The third-order valence-corrected chi connectivity index (χ3v) is 5.34. The number of likely N-dealkylation sites (tertiary alicyclic amines) is 1. The Balaban J connectivity index is 1.39. The number of rotatable bonds is 6. The number of ether oxygens (including phenoxy) is 1. The lowest BCUT2D eigenvalue weighted by molar-refractivity contribution is 0.245. The van der Waals surface area contributed by atoms with Gasteiger partial charge in [0.05, 0.1) is 5.69 Å². The first-order valence-corrected chi connectivity index (χ1v) is 9.63. The van der Waals surface area contributed by atoms with Crippen molar-refractivity contribution in [2.45, 2.75) is 45.9 Å². The third-order valence-electron chi connectivity index (χ3n) is 5.34. The van der Waals surface area contributed by atoms with Crippen LogP contribution in [0.4, 0.5) is 0 Å². The first kappa shape index (κ1) is 17.8. The molecule has 1 fully saturated rings. The fourth-order valence-electron chi connectivity index (χ4n) is 3.97. The topological polar surface area (TPSA) is 38.5 Å². The SMILES string of the molecule is Cc1noc(C)c1C1CCCN1Cc1ccc(OCc2ccccc2)cc1. The van der Waals surface area contributed by atoms with E-state index in [0.717, 1.165) is 30.3 Å². The molecule has 3 aromatic rings. The minimum atomic E-state index is 0.408. The molecule has 0 aliphatic carbocycles. The van der Waals surface area contributed by atoms with Gasteiger partial charge in [-0.05, 0) is 56.5 Å². The Bertz CT molecular complexity index is 852. The van der Waals surface area contributed by atoms with Gasteiger partial charge in [-0.15, -0.1) is 0 Å². The van der Waals surface area contributed by atoms with Gasteiger partial charge >= 0.3 is 0 Å². The van der Waals surface area contributed by atoms with E-state index in [4.69, 9.17) is 9.26 Å². The molecular weight excluding hydrogens is 336 g/mol. The normalized spacial score (nSPS) is 17.3. The minimum absolute atomic E-state index is 0.408. The molecule has 4 rings (SSSR count). The summed E-state index contributed by atoms with van der Waals surface area (Å²) in [6, 6.07) is 19.1. The van der Waals surface area contributed by atoms with Gasteiger partial charge in [-0.2, -0.15) is 0 Å². The number of benzene rings is 2. The van der Waals surface area contributed by atoms with Crippen molar-refractivity contribution in [3.05, 3.63) is 82.7 Å². The highest BCUT2D eigenvalue weighted by Crippen LogP contribution is 2.36. The molecule has 4 nitrogen and oxygen atoms in total. The predicted octanol–water partition coefficient (Wildman–Crippen LogP) is 5.21. The molecule has 1 aliphatic rings. The van der Waals surface area contributed by atoms with Crippen molar-refractivity contribution in [2.75, 3.05) is 6.54 Å². The molecule has 1 aromatic heterocycles. The molecule has 1 atom stereocenters. The summed E-state index contributed by atoms with van der Waals surface area (Å²) in [6.07, 6.45) is 2.38. The van der Waals surface area contributed by atoms with Crippen LogP contribution in [0.1, 0.15) is 47.0 Å². The smallest absolute Gasteiger partial charge is 0.138 e. The number of nitrogens with zero attached hydrogens (tertiary/aromatic N) is 2. The van der Waals surface area contributed by atoms with Crippen molar-refractivity contribution in [2.24, 2.45) is 0 Å². The highest BCUT2D eigenvalue weighted by molar-refractivity contribution is 5.29. The minimum Gasteiger partial charge on any atom is -0.489 e. The Kier molecular flexibility index (Phi) is 5.26. The molecule has 27 heavy (non-hydrogen) atoms. The van der Waals surface area contributed by atoms with Crippen molar-refractivity contribution in [3.8, 4) is 5.75 Å². The zero-order valence-corrected chi connectivity index (χ0v) is 16.0. The summed E-state index contributed by atoms with van der Waals surface area (Å²) < 4.78 is 11.3. The van der Waals surface area contributed by atoms with Gasteiger partial charge in [0.15, 0.2) is 0 Å². The average Bonchev–Trinajstić information content (AvgIpc) is 3.27. The molecule has 0 radical (unpaired) electrons. The number of hydrogen-bond acceptors (Lipinski definition) is 4. The van der Waals surface area contributed by atoms with Gasteiger partial charge < -0.3 is 9.26 Å². The summed E-state index contributed by atoms with van der Waals surface area (Å²) in [5, 5.41) is 4.14. The van der Waals surface area contributed by atoms with E-state index < -0.39 is 0 Å². The van der Waals surface area contributed by atoms with Crippen molar-refractivity contribution < 1.29 is 9.26 Å². The standard InChI is InChI=1S/C23H26N2O2/c1-17-23(18(2)27-24-17)22-9-6-14-25(22)15-19-10-12-21(13-11-19)26-16-20-7-4-3-5-8-20/h3-5,7-8,10-13,22H,6,9,14-16H2,1-2H3. The van der Waals surface area contributed by atoms with Gasteiger partial charge in [0, 0.05) is 18.2 Å².